The number of fused-ring (bicyclic) bond motifs is 2. The molecule has 0 spiro atoms. The van der Waals surface area contributed by atoms with Gasteiger partial charge in [-0.2, -0.15) is 0 Å². The summed E-state index contributed by atoms with van der Waals surface area (Å²) in [5.41, 5.74) is 8.69. The number of H-pyrrole nitrogens is 1. The molecular formula is C25H22N4O4S. The van der Waals surface area contributed by atoms with Crippen LogP contribution in [0.4, 0.5) is 0 Å². The highest BCUT2D eigenvalue weighted by molar-refractivity contribution is 7.98. The summed E-state index contributed by atoms with van der Waals surface area (Å²) in [4.78, 5) is 32.8. The van der Waals surface area contributed by atoms with Crippen LogP contribution in [0.2, 0.25) is 0 Å². The molecule has 2 heterocycles. The Balaban J connectivity index is 1.14. The summed E-state index contributed by atoms with van der Waals surface area (Å²) in [6.07, 6.45) is 0.781. The van der Waals surface area contributed by atoms with Crippen molar-refractivity contribution in [3.05, 3.63) is 83.4 Å². The van der Waals surface area contributed by atoms with E-state index in [-0.39, 0.29) is 0 Å². The molecule has 5 rings (SSSR count). The van der Waals surface area contributed by atoms with E-state index in [2.05, 4.69) is 20.8 Å². The minimum atomic E-state index is -0.442. The van der Waals surface area contributed by atoms with Crippen molar-refractivity contribution < 1.29 is 19.1 Å². The minimum Gasteiger partial charge on any atom is -0.490 e. The molecule has 8 nitrogen and oxygen atoms in total. The Hall–Kier alpha value is -3.98. The number of nitrogens with zero attached hydrogens (tertiary/aromatic N) is 1. The van der Waals surface area contributed by atoms with Gasteiger partial charge in [-0.3, -0.25) is 20.4 Å². The first-order valence-corrected chi connectivity index (χ1v) is 11.8. The van der Waals surface area contributed by atoms with Gasteiger partial charge in [0.1, 0.15) is 0 Å². The van der Waals surface area contributed by atoms with E-state index in [1.165, 1.54) is 0 Å². The summed E-state index contributed by atoms with van der Waals surface area (Å²) in [6.45, 7) is 1.10. The lowest BCUT2D eigenvalue weighted by atomic mass is 10.1. The molecule has 0 atom stereocenters. The summed E-state index contributed by atoms with van der Waals surface area (Å²) in [5, 5.41) is 0.848. The van der Waals surface area contributed by atoms with Crippen LogP contribution in [-0.4, -0.2) is 35.0 Å². The fourth-order valence-corrected chi connectivity index (χ4v) is 4.31. The standard InChI is InChI=1S/C25H22N4O4S/c30-23(28-29-24(31)18-10-11-21-22(14-18)33-13-3-12-32-21)17-8-6-16(7-9-17)15-34-25-26-19-4-1-2-5-20(19)27-25/h1-2,4-11,14H,3,12-13,15H2,(H,26,27)(H,28,30)(H,29,31). The zero-order chi connectivity index (χ0) is 23.3. The first-order valence-electron chi connectivity index (χ1n) is 10.8. The SMILES string of the molecule is O=C(NNC(=O)c1ccc2c(c1)OCCCO2)c1ccc(CSc2nc3ccccc3[nH]2)cc1. The van der Waals surface area contributed by atoms with Gasteiger partial charge in [-0.05, 0) is 48.0 Å². The Labute approximate surface area is 200 Å². The maximum absolute atomic E-state index is 12.5. The largest absolute Gasteiger partial charge is 0.490 e. The van der Waals surface area contributed by atoms with Crippen molar-refractivity contribution in [1.29, 1.82) is 0 Å². The van der Waals surface area contributed by atoms with E-state index in [9.17, 15) is 9.59 Å². The number of imidazole rings is 1. The van der Waals surface area contributed by atoms with Gasteiger partial charge >= 0.3 is 0 Å². The average Bonchev–Trinajstić information content (AvgIpc) is 3.15. The molecule has 1 aliphatic rings. The predicted octanol–water partition coefficient (Wildman–Crippen LogP) is 4.09. The summed E-state index contributed by atoms with van der Waals surface area (Å²) < 4.78 is 11.2. The van der Waals surface area contributed by atoms with Crippen LogP contribution in [0.5, 0.6) is 11.5 Å². The van der Waals surface area contributed by atoms with Crippen molar-refractivity contribution in [2.75, 3.05) is 13.2 Å². The number of carbonyl (C=O) groups excluding carboxylic acids is 2. The number of carbonyl (C=O) groups is 2. The third-order valence-corrected chi connectivity index (χ3v) is 6.20. The van der Waals surface area contributed by atoms with Crippen LogP contribution in [0.15, 0.2) is 71.9 Å². The lowest BCUT2D eigenvalue weighted by Crippen LogP contribution is -2.41. The molecule has 9 heteroatoms. The minimum absolute atomic E-state index is 0.363. The van der Waals surface area contributed by atoms with E-state index in [0.29, 0.717) is 41.6 Å². The van der Waals surface area contributed by atoms with E-state index < -0.39 is 11.8 Å². The first kappa shape index (κ1) is 21.8. The van der Waals surface area contributed by atoms with Gasteiger partial charge in [0.05, 0.1) is 24.2 Å². The second kappa shape index (κ2) is 9.88. The topological polar surface area (TPSA) is 105 Å². The van der Waals surface area contributed by atoms with Crippen molar-refractivity contribution >= 4 is 34.6 Å². The van der Waals surface area contributed by atoms with Crippen LogP contribution < -0.4 is 20.3 Å². The van der Waals surface area contributed by atoms with Crippen LogP contribution in [0.1, 0.15) is 32.7 Å². The quantitative estimate of drug-likeness (QED) is 0.297. The molecule has 1 aromatic heterocycles. The highest BCUT2D eigenvalue weighted by Crippen LogP contribution is 2.30. The molecule has 1 aliphatic heterocycles. The van der Waals surface area contributed by atoms with Crippen LogP contribution in [0.3, 0.4) is 0 Å². The molecule has 172 valence electrons. The molecule has 4 aromatic rings. The second-order valence-electron chi connectivity index (χ2n) is 7.66. The van der Waals surface area contributed by atoms with Gasteiger partial charge in [0.25, 0.3) is 11.8 Å². The predicted molar refractivity (Wildman–Crippen MR) is 129 cm³/mol. The van der Waals surface area contributed by atoms with Crippen LogP contribution in [-0.2, 0) is 5.75 Å². The number of hydrogen-bond donors (Lipinski definition) is 3. The van der Waals surface area contributed by atoms with Crippen molar-refractivity contribution in [2.24, 2.45) is 0 Å². The van der Waals surface area contributed by atoms with E-state index in [1.807, 2.05) is 36.4 Å². The van der Waals surface area contributed by atoms with Crippen molar-refractivity contribution in [3.8, 4) is 11.5 Å². The summed E-state index contributed by atoms with van der Waals surface area (Å²) >= 11 is 1.59. The monoisotopic (exact) mass is 474 g/mol. The lowest BCUT2D eigenvalue weighted by molar-refractivity contribution is 0.0846. The van der Waals surface area contributed by atoms with Gasteiger partial charge in [0.15, 0.2) is 16.7 Å². The molecule has 0 fully saturated rings. The summed E-state index contributed by atoms with van der Waals surface area (Å²) in [5.74, 6) is 0.994. The smallest absolute Gasteiger partial charge is 0.269 e. The molecule has 34 heavy (non-hydrogen) atoms. The average molecular weight is 475 g/mol. The number of aromatic amines is 1. The Bertz CT molecular complexity index is 1300. The number of para-hydroxylation sites is 2. The highest BCUT2D eigenvalue weighted by Gasteiger charge is 2.15. The molecule has 0 radical (unpaired) electrons. The molecule has 0 bridgehead atoms. The number of hydrazine groups is 1. The molecule has 0 saturated heterocycles. The normalized spacial score (nSPS) is 12.7. The first-order chi connectivity index (χ1) is 16.7. The van der Waals surface area contributed by atoms with Gasteiger partial charge in [0.2, 0.25) is 0 Å². The summed E-state index contributed by atoms with van der Waals surface area (Å²) in [6, 6.07) is 20.0. The second-order valence-corrected chi connectivity index (χ2v) is 8.63. The zero-order valence-corrected chi connectivity index (χ0v) is 19.0. The van der Waals surface area contributed by atoms with E-state index >= 15 is 0 Å². The number of nitrogens with one attached hydrogen (secondary N) is 3. The van der Waals surface area contributed by atoms with Gasteiger partial charge in [-0.25, -0.2) is 4.98 Å². The molecular weight excluding hydrogens is 452 g/mol. The molecule has 3 N–H and O–H groups in total. The zero-order valence-electron chi connectivity index (χ0n) is 18.2. The van der Waals surface area contributed by atoms with Gasteiger partial charge in [0, 0.05) is 23.3 Å². The van der Waals surface area contributed by atoms with Crippen molar-refractivity contribution in [1.82, 2.24) is 20.8 Å². The Morgan fingerprint density at radius 2 is 1.59 bits per heavy atom. The number of ether oxygens (including phenoxy) is 2. The molecule has 0 saturated carbocycles. The fourth-order valence-electron chi connectivity index (χ4n) is 3.46. The van der Waals surface area contributed by atoms with E-state index in [0.717, 1.165) is 28.2 Å². The maximum atomic E-state index is 12.5. The molecule has 0 unspecified atom stereocenters. The number of rotatable bonds is 5. The Morgan fingerprint density at radius 1 is 0.882 bits per heavy atom. The number of aromatic nitrogens is 2. The number of hydrogen-bond acceptors (Lipinski definition) is 6. The number of benzene rings is 3. The third-order valence-electron chi connectivity index (χ3n) is 5.26. The van der Waals surface area contributed by atoms with Crippen LogP contribution in [0, 0.1) is 0 Å². The van der Waals surface area contributed by atoms with Crippen LogP contribution in [0.25, 0.3) is 11.0 Å². The van der Waals surface area contributed by atoms with Gasteiger partial charge < -0.3 is 14.5 Å². The van der Waals surface area contributed by atoms with Crippen molar-refractivity contribution in [2.45, 2.75) is 17.3 Å². The van der Waals surface area contributed by atoms with E-state index in [1.54, 1.807) is 42.1 Å². The van der Waals surface area contributed by atoms with Crippen LogP contribution >= 0.6 is 11.8 Å². The number of amides is 2. The number of thioether (sulfide) groups is 1. The maximum Gasteiger partial charge on any atom is 0.269 e. The Kier molecular flexibility index (Phi) is 6.35. The van der Waals surface area contributed by atoms with Gasteiger partial charge in [-0.15, -0.1) is 0 Å². The van der Waals surface area contributed by atoms with E-state index in [4.69, 9.17) is 9.47 Å². The highest BCUT2D eigenvalue weighted by atomic mass is 32.2. The molecule has 0 aliphatic carbocycles. The van der Waals surface area contributed by atoms with Gasteiger partial charge in [-0.1, -0.05) is 36.0 Å². The third kappa shape index (κ3) is 4.99. The molecule has 3 aromatic carbocycles. The summed E-state index contributed by atoms with van der Waals surface area (Å²) in [7, 11) is 0. The molecule has 2 amide bonds. The Morgan fingerprint density at radius 3 is 2.38 bits per heavy atom. The van der Waals surface area contributed by atoms with Crippen molar-refractivity contribution in [3.63, 3.8) is 0 Å². The lowest BCUT2D eigenvalue weighted by Gasteiger charge is -2.11. The fraction of sp³-hybridized carbons (Fsp3) is 0.160.